The third-order valence-corrected chi connectivity index (χ3v) is 4.85. The highest BCUT2D eigenvalue weighted by molar-refractivity contribution is 7.89. The largest absolute Gasteiger partial charge is 0.398 e. The van der Waals surface area contributed by atoms with Gasteiger partial charge in [0.2, 0.25) is 16.4 Å². The lowest BCUT2D eigenvalue weighted by Crippen LogP contribution is -2.26. The molecule has 0 bridgehead atoms. The van der Waals surface area contributed by atoms with E-state index >= 15 is 0 Å². The molecule has 0 unspecified atom stereocenters. The van der Waals surface area contributed by atoms with Crippen molar-refractivity contribution in [3.63, 3.8) is 0 Å². The summed E-state index contributed by atoms with van der Waals surface area (Å²) in [6.45, 7) is 5.23. The molecule has 0 fully saturated rings. The van der Waals surface area contributed by atoms with Crippen molar-refractivity contribution in [3.05, 3.63) is 35.0 Å². The normalized spacial score (nSPS) is 11.8. The zero-order valence-electron chi connectivity index (χ0n) is 11.5. The second-order valence-corrected chi connectivity index (χ2v) is 6.24. The minimum atomic E-state index is -3.69. The topological polar surface area (TPSA) is 111 Å². The van der Waals surface area contributed by atoms with Gasteiger partial charge < -0.3 is 10.3 Å². The molecule has 0 radical (unpaired) electrons. The summed E-state index contributed by atoms with van der Waals surface area (Å²) in [5.41, 5.74) is 8.34. The van der Waals surface area contributed by atoms with Gasteiger partial charge in [-0.05, 0) is 43.5 Å². The molecule has 0 aliphatic carbocycles. The fourth-order valence-corrected chi connectivity index (χ4v) is 3.49. The molecule has 0 aliphatic heterocycles. The lowest BCUT2D eigenvalue weighted by molar-refractivity contribution is 0.409. The zero-order chi connectivity index (χ0) is 14.9. The van der Waals surface area contributed by atoms with Gasteiger partial charge in [0.05, 0.1) is 11.4 Å². The fourth-order valence-electron chi connectivity index (χ4n) is 1.95. The van der Waals surface area contributed by atoms with Crippen LogP contribution in [0.5, 0.6) is 0 Å². The highest BCUT2D eigenvalue weighted by Gasteiger charge is 2.22. The minimum absolute atomic E-state index is 0.0362. The summed E-state index contributed by atoms with van der Waals surface area (Å²) >= 11 is 0. The van der Waals surface area contributed by atoms with Gasteiger partial charge in [-0.3, -0.25) is 0 Å². The smallest absolute Gasteiger partial charge is 0.241 e. The van der Waals surface area contributed by atoms with Crippen molar-refractivity contribution in [2.45, 2.75) is 32.2 Å². The van der Waals surface area contributed by atoms with E-state index in [0.29, 0.717) is 16.8 Å². The predicted molar refractivity (Wildman–Crippen MR) is 73.4 cm³/mol. The van der Waals surface area contributed by atoms with Crippen molar-refractivity contribution < 1.29 is 12.9 Å². The molecule has 2 aromatic rings. The number of rotatable bonds is 4. The van der Waals surface area contributed by atoms with E-state index in [4.69, 9.17) is 5.73 Å². The van der Waals surface area contributed by atoms with Gasteiger partial charge in [0, 0.05) is 5.69 Å². The summed E-state index contributed by atoms with van der Waals surface area (Å²) in [6, 6.07) is 1.77. The number of nitrogens with zero attached hydrogens (tertiary/aromatic N) is 2. The van der Waals surface area contributed by atoms with Crippen molar-refractivity contribution in [2.75, 3.05) is 5.73 Å². The van der Waals surface area contributed by atoms with Crippen molar-refractivity contribution in [1.82, 2.24) is 14.9 Å². The molecule has 1 aromatic heterocycles. The van der Waals surface area contributed by atoms with E-state index in [0.717, 1.165) is 12.0 Å². The van der Waals surface area contributed by atoms with Crippen LogP contribution in [-0.4, -0.2) is 18.6 Å². The number of aromatic nitrogens is 2. The number of nitrogens with one attached hydrogen (secondary N) is 1. The van der Waals surface area contributed by atoms with E-state index in [1.807, 2.05) is 6.92 Å². The molecule has 1 aromatic carbocycles. The Labute approximate surface area is 117 Å². The predicted octanol–water partition coefficient (Wildman–Crippen LogP) is 1.06. The Balaban J connectivity index is 2.39. The number of aryl methyl sites for hydroxylation is 1. The summed E-state index contributed by atoms with van der Waals surface area (Å²) in [5.74, 6) is 0.268. The number of hydrogen-bond acceptors (Lipinski definition) is 6. The Morgan fingerprint density at radius 2 is 2.00 bits per heavy atom. The highest BCUT2D eigenvalue weighted by atomic mass is 32.2. The first-order valence-electron chi connectivity index (χ1n) is 5.94. The average Bonchev–Trinajstić information content (AvgIpc) is 2.87. The quantitative estimate of drug-likeness (QED) is 0.816. The molecule has 3 N–H and O–H groups in total. The fraction of sp³-hybridized carbons (Fsp3) is 0.333. The zero-order valence-corrected chi connectivity index (χ0v) is 12.3. The van der Waals surface area contributed by atoms with Crippen molar-refractivity contribution in [3.8, 4) is 0 Å². The Morgan fingerprint density at radius 1 is 1.30 bits per heavy atom. The molecule has 1 heterocycles. The third kappa shape index (κ3) is 2.66. The van der Waals surface area contributed by atoms with Crippen molar-refractivity contribution in [1.29, 1.82) is 0 Å². The molecule has 0 amide bonds. The maximum Gasteiger partial charge on any atom is 0.241 e. The maximum atomic E-state index is 12.4. The van der Waals surface area contributed by atoms with Crippen molar-refractivity contribution >= 4 is 15.7 Å². The van der Waals surface area contributed by atoms with Gasteiger partial charge in [-0.2, -0.15) is 4.98 Å². The molecule has 108 valence electrons. The standard InChI is InChI=1S/C12H16N4O3S/c1-7-4-10(13)9(3)12(8(7)2)20(17,18)15-5-11-14-6-19-16-11/h4,6,15H,5,13H2,1-3H3. The van der Waals surface area contributed by atoms with Gasteiger partial charge in [0.15, 0.2) is 5.82 Å². The van der Waals surface area contributed by atoms with E-state index in [9.17, 15) is 8.42 Å². The summed E-state index contributed by atoms with van der Waals surface area (Å²) in [6.07, 6.45) is 1.14. The van der Waals surface area contributed by atoms with E-state index < -0.39 is 10.0 Å². The SMILES string of the molecule is Cc1cc(N)c(C)c(S(=O)(=O)NCc2ncon2)c1C. The first-order chi connectivity index (χ1) is 9.33. The van der Waals surface area contributed by atoms with E-state index in [1.54, 1.807) is 19.9 Å². The second kappa shape index (κ2) is 5.22. The maximum absolute atomic E-state index is 12.4. The summed E-state index contributed by atoms with van der Waals surface area (Å²) in [4.78, 5) is 3.97. The third-order valence-electron chi connectivity index (χ3n) is 3.17. The van der Waals surface area contributed by atoms with Crippen LogP contribution >= 0.6 is 0 Å². The van der Waals surface area contributed by atoms with E-state index in [-0.39, 0.29) is 17.3 Å². The molecule has 0 saturated heterocycles. The number of nitrogens with two attached hydrogens (primary N) is 1. The highest BCUT2D eigenvalue weighted by Crippen LogP contribution is 2.27. The molecule has 0 spiro atoms. The number of sulfonamides is 1. The van der Waals surface area contributed by atoms with Gasteiger partial charge in [0.25, 0.3) is 0 Å². The van der Waals surface area contributed by atoms with Gasteiger partial charge in [-0.1, -0.05) is 5.16 Å². The Kier molecular flexibility index (Phi) is 3.78. The van der Waals surface area contributed by atoms with Gasteiger partial charge in [-0.25, -0.2) is 13.1 Å². The minimum Gasteiger partial charge on any atom is -0.398 e. The summed E-state index contributed by atoms with van der Waals surface area (Å²) in [5, 5.41) is 3.56. The molecular formula is C12H16N4O3S. The Morgan fingerprint density at radius 3 is 2.60 bits per heavy atom. The summed E-state index contributed by atoms with van der Waals surface area (Å²) < 4.78 is 31.8. The average molecular weight is 296 g/mol. The van der Waals surface area contributed by atoms with Crippen LogP contribution in [0.15, 0.2) is 21.9 Å². The lowest BCUT2D eigenvalue weighted by atomic mass is 10.1. The number of benzene rings is 1. The van der Waals surface area contributed by atoms with Crippen LogP contribution in [0.1, 0.15) is 22.5 Å². The summed E-state index contributed by atoms with van der Waals surface area (Å²) in [7, 11) is -3.69. The molecule has 20 heavy (non-hydrogen) atoms. The molecule has 0 aliphatic rings. The van der Waals surface area contributed by atoms with Crippen LogP contribution in [0.4, 0.5) is 5.69 Å². The van der Waals surface area contributed by atoms with Gasteiger partial charge in [0.1, 0.15) is 0 Å². The number of hydrogen-bond donors (Lipinski definition) is 2. The van der Waals surface area contributed by atoms with Gasteiger partial charge >= 0.3 is 0 Å². The second-order valence-electron chi connectivity index (χ2n) is 4.53. The Hall–Kier alpha value is -1.93. The van der Waals surface area contributed by atoms with Crippen LogP contribution in [0.25, 0.3) is 0 Å². The molecule has 2 rings (SSSR count). The molecule has 7 nitrogen and oxygen atoms in total. The van der Waals surface area contributed by atoms with Crippen LogP contribution in [0.2, 0.25) is 0 Å². The number of anilines is 1. The molecule has 0 atom stereocenters. The number of nitrogen functional groups attached to an aromatic ring is 1. The Bertz CT molecular complexity index is 697. The first-order valence-corrected chi connectivity index (χ1v) is 7.42. The molecular weight excluding hydrogens is 280 g/mol. The van der Waals surface area contributed by atoms with E-state index in [1.165, 1.54) is 0 Å². The lowest BCUT2D eigenvalue weighted by Gasteiger charge is -2.15. The first kappa shape index (κ1) is 14.5. The van der Waals surface area contributed by atoms with Crippen LogP contribution < -0.4 is 10.5 Å². The van der Waals surface area contributed by atoms with E-state index in [2.05, 4.69) is 19.4 Å². The van der Waals surface area contributed by atoms with Crippen LogP contribution in [0.3, 0.4) is 0 Å². The van der Waals surface area contributed by atoms with Gasteiger partial charge in [-0.15, -0.1) is 0 Å². The molecule has 0 saturated carbocycles. The van der Waals surface area contributed by atoms with Crippen LogP contribution in [-0.2, 0) is 16.6 Å². The van der Waals surface area contributed by atoms with Crippen LogP contribution in [0, 0.1) is 20.8 Å². The van der Waals surface area contributed by atoms with Crippen molar-refractivity contribution in [2.24, 2.45) is 0 Å². The molecule has 8 heteroatoms. The monoisotopic (exact) mass is 296 g/mol.